The number of rotatable bonds is 2. The SMILES string of the molecule is CNC(=O)C[C@H]1CCCNC1. The van der Waals surface area contributed by atoms with Gasteiger partial charge in [0.05, 0.1) is 0 Å². The molecule has 1 atom stereocenters. The minimum atomic E-state index is 0.165. The molecule has 0 aromatic carbocycles. The van der Waals surface area contributed by atoms with Crippen molar-refractivity contribution in [1.82, 2.24) is 10.6 Å². The van der Waals surface area contributed by atoms with Gasteiger partial charge in [-0.1, -0.05) is 0 Å². The Hall–Kier alpha value is -0.570. The van der Waals surface area contributed by atoms with E-state index in [1.807, 2.05) is 0 Å². The maximum Gasteiger partial charge on any atom is 0.220 e. The van der Waals surface area contributed by atoms with Crippen LogP contribution < -0.4 is 10.6 Å². The van der Waals surface area contributed by atoms with Gasteiger partial charge in [-0.3, -0.25) is 4.79 Å². The van der Waals surface area contributed by atoms with Gasteiger partial charge in [-0.05, 0) is 31.8 Å². The quantitative estimate of drug-likeness (QED) is 0.596. The summed E-state index contributed by atoms with van der Waals surface area (Å²) in [5, 5.41) is 5.93. The van der Waals surface area contributed by atoms with E-state index in [9.17, 15) is 4.79 Å². The zero-order chi connectivity index (χ0) is 8.10. The maximum atomic E-state index is 10.9. The first-order valence-electron chi connectivity index (χ1n) is 4.24. The molecule has 3 heteroatoms. The molecule has 1 heterocycles. The number of piperidine rings is 1. The van der Waals surface area contributed by atoms with Crippen molar-refractivity contribution < 1.29 is 4.79 Å². The molecule has 0 radical (unpaired) electrons. The molecule has 1 rings (SSSR count). The Labute approximate surface area is 67.5 Å². The highest BCUT2D eigenvalue weighted by Crippen LogP contribution is 2.13. The first-order chi connectivity index (χ1) is 5.33. The molecule has 2 N–H and O–H groups in total. The summed E-state index contributed by atoms with van der Waals surface area (Å²) in [6.45, 7) is 2.12. The molecular weight excluding hydrogens is 140 g/mol. The zero-order valence-electron chi connectivity index (χ0n) is 7.02. The van der Waals surface area contributed by atoms with Crippen LogP contribution in [0.1, 0.15) is 19.3 Å². The van der Waals surface area contributed by atoms with Gasteiger partial charge in [0.1, 0.15) is 0 Å². The van der Waals surface area contributed by atoms with E-state index in [1.54, 1.807) is 7.05 Å². The third-order valence-corrected chi connectivity index (χ3v) is 2.15. The summed E-state index contributed by atoms with van der Waals surface area (Å²) in [4.78, 5) is 10.9. The Morgan fingerprint density at radius 1 is 1.73 bits per heavy atom. The Kier molecular flexibility index (Phi) is 3.36. The lowest BCUT2D eigenvalue weighted by Crippen LogP contribution is -2.33. The number of carbonyl (C=O) groups is 1. The summed E-state index contributed by atoms with van der Waals surface area (Å²) >= 11 is 0. The van der Waals surface area contributed by atoms with E-state index < -0.39 is 0 Å². The van der Waals surface area contributed by atoms with Gasteiger partial charge in [0.2, 0.25) is 5.91 Å². The van der Waals surface area contributed by atoms with Crippen LogP contribution in [0.3, 0.4) is 0 Å². The number of carbonyl (C=O) groups excluding carboxylic acids is 1. The van der Waals surface area contributed by atoms with Crippen molar-refractivity contribution in [3.63, 3.8) is 0 Å². The highest BCUT2D eigenvalue weighted by atomic mass is 16.1. The fraction of sp³-hybridized carbons (Fsp3) is 0.875. The van der Waals surface area contributed by atoms with Crippen molar-refractivity contribution in [3.8, 4) is 0 Å². The number of hydrogen-bond acceptors (Lipinski definition) is 2. The van der Waals surface area contributed by atoms with E-state index in [1.165, 1.54) is 12.8 Å². The topological polar surface area (TPSA) is 41.1 Å². The lowest BCUT2D eigenvalue weighted by atomic mass is 9.96. The van der Waals surface area contributed by atoms with Crippen LogP contribution in [0.15, 0.2) is 0 Å². The first-order valence-corrected chi connectivity index (χ1v) is 4.24. The predicted octanol–water partition coefficient (Wildman–Crippen LogP) is 0.122. The second kappa shape index (κ2) is 4.34. The van der Waals surface area contributed by atoms with Crippen LogP contribution in [0.2, 0.25) is 0 Å². The predicted molar refractivity (Wildman–Crippen MR) is 44.3 cm³/mol. The van der Waals surface area contributed by atoms with Crippen molar-refractivity contribution in [2.45, 2.75) is 19.3 Å². The molecule has 3 nitrogen and oxygen atoms in total. The monoisotopic (exact) mass is 156 g/mol. The van der Waals surface area contributed by atoms with Crippen LogP contribution in [-0.2, 0) is 4.79 Å². The minimum Gasteiger partial charge on any atom is -0.359 e. The van der Waals surface area contributed by atoms with E-state index in [0.29, 0.717) is 12.3 Å². The Balaban J connectivity index is 2.19. The van der Waals surface area contributed by atoms with Gasteiger partial charge in [-0.15, -0.1) is 0 Å². The maximum absolute atomic E-state index is 10.9. The molecule has 64 valence electrons. The molecule has 0 unspecified atom stereocenters. The molecule has 0 bridgehead atoms. The van der Waals surface area contributed by atoms with Crippen LogP contribution >= 0.6 is 0 Å². The van der Waals surface area contributed by atoms with E-state index in [-0.39, 0.29) is 5.91 Å². The lowest BCUT2D eigenvalue weighted by molar-refractivity contribution is -0.121. The summed E-state index contributed by atoms with van der Waals surface area (Å²) in [5.41, 5.74) is 0. The highest BCUT2D eigenvalue weighted by Gasteiger charge is 2.15. The van der Waals surface area contributed by atoms with Crippen LogP contribution in [0, 0.1) is 5.92 Å². The van der Waals surface area contributed by atoms with Gasteiger partial charge < -0.3 is 10.6 Å². The first kappa shape index (κ1) is 8.53. The van der Waals surface area contributed by atoms with Crippen LogP contribution in [-0.4, -0.2) is 26.0 Å². The van der Waals surface area contributed by atoms with Crippen molar-refractivity contribution >= 4 is 5.91 Å². The van der Waals surface area contributed by atoms with Crippen LogP contribution in [0.25, 0.3) is 0 Å². The lowest BCUT2D eigenvalue weighted by Gasteiger charge is -2.21. The largest absolute Gasteiger partial charge is 0.359 e. The fourth-order valence-electron chi connectivity index (χ4n) is 1.46. The minimum absolute atomic E-state index is 0.165. The number of hydrogen-bond donors (Lipinski definition) is 2. The van der Waals surface area contributed by atoms with Gasteiger partial charge in [-0.25, -0.2) is 0 Å². The van der Waals surface area contributed by atoms with E-state index in [0.717, 1.165) is 13.1 Å². The summed E-state index contributed by atoms with van der Waals surface area (Å²) in [6, 6.07) is 0. The van der Waals surface area contributed by atoms with Gasteiger partial charge in [0, 0.05) is 13.5 Å². The zero-order valence-corrected chi connectivity index (χ0v) is 7.02. The van der Waals surface area contributed by atoms with E-state index >= 15 is 0 Å². The fourth-order valence-corrected chi connectivity index (χ4v) is 1.46. The van der Waals surface area contributed by atoms with Crippen molar-refractivity contribution in [1.29, 1.82) is 0 Å². The molecule has 1 saturated heterocycles. The highest BCUT2D eigenvalue weighted by molar-refractivity contribution is 5.75. The molecule has 1 fully saturated rings. The summed E-state index contributed by atoms with van der Waals surface area (Å²) < 4.78 is 0. The molecule has 1 aliphatic heterocycles. The third kappa shape index (κ3) is 2.89. The van der Waals surface area contributed by atoms with Gasteiger partial charge in [0.15, 0.2) is 0 Å². The molecule has 0 aromatic heterocycles. The number of amides is 1. The molecule has 0 saturated carbocycles. The van der Waals surface area contributed by atoms with Gasteiger partial charge in [-0.2, -0.15) is 0 Å². The molecule has 0 aliphatic carbocycles. The van der Waals surface area contributed by atoms with E-state index in [4.69, 9.17) is 0 Å². The van der Waals surface area contributed by atoms with Crippen LogP contribution in [0.4, 0.5) is 0 Å². The van der Waals surface area contributed by atoms with Crippen molar-refractivity contribution in [3.05, 3.63) is 0 Å². The van der Waals surface area contributed by atoms with Gasteiger partial charge in [0.25, 0.3) is 0 Å². The average Bonchev–Trinajstić information content (AvgIpc) is 2.06. The number of nitrogens with one attached hydrogen (secondary N) is 2. The van der Waals surface area contributed by atoms with Crippen molar-refractivity contribution in [2.24, 2.45) is 5.92 Å². The molecular formula is C8H16N2O. The molecule has 1 aliphatic rings. The van der Waals surface area contributed by atoms with Crippen molar-refractivity contribution in [2.75, 3.05) is 20.1 Å². The Morgan fingerprint density at radius 3 is 3.09 bits per heavy atom. The molecule has 1 amide bonds. The third-order valence-electron chi connectivity index (χ3n) is 2.15. The normalized spacial score (nSPS) is 24.6. The second-order valence-corrected chi connectivity index (χ2v) is 3.09. The Morgan fingerprint density at radius 2 is 2.55 bits per heavy atom. The molecule has 0 aromatic rings. The standard InChI is InChI=1S/C8H16N2O/c1-9-8(11)5-7-3-2-4-10-6-7/h7,10H,2-6H2,1H3,(H,9,11)/t7-/m1/s1. The summed E-state index contributed by atoms with van der Waals surface area (Å²) in [7, 11) is 1.69. The van der Waals surface area contributed by atoms with Crippen LogP contribution in [0.5, 0.6) is 0 Å². The molecule has 11 heavy (non-hydrogen) atoms. The second-order valence-electron chi connectivity index (χ2n) is 3.09. The van der Waals surface area contributed by atoms with Gasteiger partial charge >= 0.3 is 0 Å². The summed E-state index contributed by atoms with van der Waals surface area (Å²) in [5.74, 6) is 0.724. The molecule has 0 spiro atoms. The average molecular weight is 156 g/mol. The Bertz CT molecular complexity index is 130. The van der Waals surface area contributed by atoms with E-state index in [2.05, 4.69) is 10.6 Å². The summed E-state index contributed by atoms with van der Waals surface area (Å²) in [6.07, 6.45) is 3.09. The smallest absolute Gasteiger partial charge is 0.220 e.